The van der Waals surface area contributed by atoms with Gasteiger partial charge in [-0.15, -0.1) is 0 Å². The summed E-state index contributed by atoms with van der Waals surface area (Å²) in [6, 6.07) is 17.4. The van der Waals surface area contributed by atoms with Crippen molar-refractivity contribution in [3.05, 3.63) is 65.7 Å². The molecule has 3 heteroatoms. The molecule has 2 aromatic carbocycles. The van der Waals surface area contributed by atoms with Crippen LogP contribution in [0.1, 0.15) is 25.0 Å². The first-order valence-corrected chi connectivity index (χ1v) is 7.79. The molecule has 0 aliphatic heterocycles. The molecule has 0 unspecified atom stereocenters. The van der Waals surface area contributed by atoms with E-state index in [2.05, 4.69) is 19.2 Å². The van der Waals surface area contributed by atoms with E-state index < -0.39 is 0 Å². The normalized spacial score (nSPS) is 11.4. The number of hydrogen-bond donors (Lipinski definition) is 1. The van der Waals surface area contributed by atoms with Gasteiger partial charge in [-0.2, -0.15) is 0 Å². The zero-order valence-electron chi connectivity index (χ0n) is 13.9. The Balaban J connectivity index is 2.32. The first kappa shape index (κ1) is 16.8. The van der Waals surface area contributed by atoms with Crippen molar-refractivity contribution in [3.8, 4) is 5.75 Å². The summed E-state index contributed by atoms with van der Waals surface area (Å²) in [6.45, 7) is 4.82. The van der Waals surface area contributed by atoms with Crippen LogP contribution in [0.2, 0.25) is 0 Å². The molecule has 0 atom stereocenters. The number of benzene rings is 2. The molecule has 1 amide bonds. The minimum Gasteiger partial charge on any atom is -0.497 e. The summed E-state index contributed by atoms with van der Waals surface area (Å²) in [7, 11) is 1.64. The van der Waals surface area contributed by atoms with Crippen LogP contribution in [-0.2, 0) is 4.79 Å². The Morgan fingerprint density at radius 1 is 1.09 bits per heavy atom. The van der Waals surface area contributed by atoms with Gasteiger partial charge in [-0.05, 0) is 35.3 Å². The molecule has 0 saturated heterocycles. The number of ether oxygens (including phenoxy) is 1. The van der Waals surface area contributed by atoms with E-state index in [0.29, 0.717) is 18.0 Å². The van der Waals surface area contributed by atoms with E-state index in [4.69, 9.17) is 4.74 Å². The predicted molar refractivity (Wildman–Crippen MR) is 95.2 cm³/mol. The van der Waals surface area contributed by atoms with Gasteiger partial charge in [0.2, 0.25) is 0 Å². The molecule has 2 aromatic rings. The highest BCUT2D eigenvalue weighted by Gasteiger charge is 2.12. The first-order chi connectivity index (χ1) is 11.1. The van der Waals surface area contributed by atoms with Crippen LogP contribution in [0.3, 0.4) is 0 Å². The molecule has 120 valence electrons. The summed E-state index contributed by atoms with van der Waals surface area (Å²) >= 11 is 0. The highest BCUT2D eigenvalue weighted by molar-refractivity contribution is 6.24. The number of amides is 1. The summed E-state index contributed by atoms with van der Waals surface area (Å²) < 4.78 is 5.17. The molecular weight excluding hydrogens is 286 g/mol. The standard InChI is InChI=1S/C20H23NO2/c1-15(2)14-21-20(22)19(17-7-5-4-6-8-17)13-16-9-11-18(23-3)12-10-16/h4-13,15H,14H2,1-3H3,(H,21,22). The molecule has 23 heavy (non-hydrogen) atoms. The smallest absolute Gasteiger partial charge is 0.251 e. The molecule has 2 rings (SSSR count). The lowest BCUT2D eigenvalue weighted by Gasteiger charge is -2.11. The Kier molecular flexibility index (Phi) is 5.98. The van der Waals surface area contributed by atoms with Crippen LogP contribution in [0, 0.1) is 5.92 Å². The zero-order valence-corrected chi connectivity index (χ0v) is 13.9. The fourth-order valence-corrected chi connectivity index (χ4v) is 2.16. The zero-order chi connectivity index (χ0) is 16.7. The summed E-state index contributed by atoms with van der Waals surface area (Å²) in [5.74, 6) is 1.16. The van der Waals surface area contributed by atoms with Gasteiger partial charge in [0.1, 0.15) is 5.75 Å². The van der Waals surface area contributed by atoms with Crippen LogP contribution < -0.4 is 10.1 Å². The molecule has 1 N–H and O–H groups in total. The molecule has 0 spiro atoms. The van der Waals surface area contributed by atoms with Crippen molar-refractivity contribution >= 4 is 17.6 Å². The monoisotopic (exact) mass is 309 g/mol. The maximum Gasteiger partial charge on any atom is 0.251 e. The highest BCUT2D eigenvalue weighted by Crippen LogP contribution is 2.20. The van der Waals surface area contributed by atoms with Crippen molar-refractivity contribution in [2.75, 3.05) is 13.7 Å². The third kappa shape index (κ3) is 4.99. The van der Waals surface area contributed by atoms with E-state index in [0.717, 1.165) is 16.9 Å². The van der Waals surface area contributed by atoms with E-state index in [9.17, 15) is 4.79 Å². The molecule has 0 radical (unpaired) electrons. The quantitative estimate of drug-likeness (QED) is 0.647. The SMILES string of the molecule is COc1ccc(C=C(C(=O)NCC(C)C)c2ccccc2)cc1. The van der Waals surface area contributed by atoms with Gasteiger partial charge in [0, 0.05) is 12.1 Å². The van der Waals surface area contributed by atoms with Gasteiger partial charge in [-0.3, -0.25) is 4.79 Å². The number of rotatable bonds is 6. The molecule has 0 saturated carbocycles. The van der Waals surface area contributed by atoms with Gasteiger partial charge in [-0.25, -0.2) is 0 Å². The average molecular weight is 309 g/mol. The largest absolute Gasteiger partial charge is 0.497 e. The van der Waals surface area contributed by atoms with E-state index in [1.54, 1.807) is 7.11 Å². The van der Waals surface area contributed by atoms with Crippen molar-refractivity contribution < 1.29 is 9.53 Å². The van der Waals surface area contributed by atoms with Crippen molar-refractivity contribution in [3.63, 3.8) is 0 Å². The summed E-state index contributed by atoms with van der Waals surface area (Å²) in [5.41, 5.74) is 2.53. The third-order valence-electron chi connectivity index (χ3n) is 3.43. The van der Waals surface area contributed by atoms with Crippen LogP contribution in [0.5, 0.6) is 5.75 Å². The number of carbonyl (C=O) groups is 1. The molecule has 0 bridgehead atoms. The molecule has 0 fully saturated rings. The lowest BCUT2D eigenvalue weighted by atomic mass is 10.0. The predicted octanol–water partition coefficient (Wildman–Crippen LogP) is 4.01. The van der Waals surface area contributed by atoms with Crippen molar-refractivity contribution in [1.29, 1.82) is 0 Å². The molecule has 0 aliphatic rings. The van der Waals surface area contributed by atoms with Crippen LogP contribution >= 0.6 is 0 Å². The molecular formula is C20H23NO2. The Labute approximate surface area is 138 Å². The van der Waals surface area contributed by atoms with Crippen LogP contribution in [0.4, 0.5) is 0 Å². The maximum absolute atomic E-state index is 12.6. The summed E-state index contributed by atoms with van der Waals surface area (Å²) in [4.78, 5) is 12.6. The molecule has 3 nitrogen and oxygen atoms in total. The lowest BCUT2D eigenvalue weighted by Crippen LogP contribution is -2.28. The fraction of sp³-hybridized carbons (Fsp3) is 0.250. The second-order valence-electron chi connectivity index (χ2n) is 5.80. The number of methoxy groups -OCH3 is 1. The van der Waals surface area contributed by atoms with E-state index >= 15 is 0 Å². The van der Waals surface area contributed by atoms with E-state index in [1.807, 2.05) is 60.7 Å². The van der Waals surface area contributed by atoms with Gasteiger partial charge in [0.15, 0.2) is 0 Å². The van der Waals surface area contributed by atoms with Crippen LogP contribution in [-0.4, -0.2) is 19.6 Å². The second kappa shape index (κ2) is 8.18. The van der Waals surface area contributed by atoms with Gasteiger partial charge in [0.05, 0.1) is 7.11 Å². The number of nitrogens with one attached hydrogen (secondary N) is 1. The topological polar surface area (TPSA) is 38.3 Å². The van der Waals surface area contributed by atoms with Crippen molar-refractivity contribution in [2.45, 2.75) is 13.8 Å². The van der Waals surface area contributed by atoms with Gasteiger partial charge >= 0.3 is 0 Å². The van der Waals surface area contributed by atoms with E-state index in [-0.39, 0.29) is 5.91 Å². The van der Waals surface area contributed by atoms with E-state index in [1.165, 1.54) is 0 Å². The molecule has 0 aliphatic carbocycles. The Morgan fingerprint density at radius 2 is 1.74 bits per heavy atom. The molecule has 0 heterocycles. The lowest BCUT2D eigenvalue weighted by molar-refractivity contribution is -0.115. The summed E-state index contributed by atoms with van der Waals surface area (Å²) in [6.07, 6.45) is 1.91. The first-order valence-electron chi connectivity index (χ1n) is 7.79. The fourth-order valence-electron chi connectivity index (χ4n) is 2.16. The Bertz CT molecular complexity index is 658. The maximum atomic E-state index is 12.6. The van der Waals surface area contributed by atoms with Crippen molar-refractivity contribution in [2.24, 2.45) is 5.92 Å². The van der Waals surface area contributed by atoms with Gasteiger partial charge in [-0.1, -0.05) is 56.3 Å². The number of carbonyl (C=O) groups excluding carboxylic acids is 1. The minimum atomic E-state index is -0.0549. The van der Waals surface area contributed by atoms with Crippen LogP contribution in [0.25, 0.3) is 11.6 Å². The minimum absolute atomic E-state index is 0.0549. The Hall–Kier alpha value is -2.55. The highest BCUT2D eigenvalue weighted by atomic mass is 16.5. The van der Waals surface area contributed by atoms with Gasteiger partial charge < -0.3 is 10.1 Å². The van der Waals surface area contributed by atoms with Crippen molar-refractivity contribution in [1.82, 2.24) is 5.32 Å². The van der Waals surface area contributed by atoms with Crippen LogP contribution in [0.15, 0.2) is 54.6 Å². The summed E-state index contributed by atoms with van der Waals surface area (Å²) in [5, 5.41) is 2.99. The van der Waals surface area contributed by atoms with Gasteiger partial charge in [0.25, 0.3) is 5.91 Å². The number of hydrogen-bond acceptors (Lipinski definition) is 2. The molecule has 0 aromatic heterocycles. The Morgan fingerprint density at radius 3 is 2.30 bits per heavy atom. The second-order valence-corrected chi connectivity index (χ2v) is 5.80. The average Bonchev–Trinajstić information content (AvgIpc) is 2.59. The third-order valence-corrected chi connectivity index (χ3v) is 3.43.